The number of amidine groups is 1. The van der Waals surface area contributed by atoms with Gasteiger partial charge in [-0.1, -0.05) is 18.1 Å². The number of pyridine rings is 1. The van der Waals surface area contributed by atoms with Crippen LogP contribution < -0.4 is 11.1 Å². The van der Waals surface area contributed by atoms with Gasteiger partial charge in [0.25, 0.3) is 0 Å². The molecule has 0 aliphatic heterocycles. The average Bonchev–Trinajstić information content (AvgIpc) is 2.38. The maximum Gasteiger partial charge on any atom is 0.139 e. The number of aryl methyl sites for hydroxylation is 1. The van der Waals surface area contributed by atoms with E-state index >= 15 is 0 Å². The van der Waals surface area contributed by atoms with Crippen LogP contribution in [0.5, 0.6) is 0 Å². The molecule has 5 nitrogen and oxygen atoms in total. The van der Waals surface area contributed by atoms with E-state index in [4.69, 9.17) is 10.9 Å². The lowest BCUT2D eigenvalue weighted by molar-refractivity contribution is 0.316. The summed E-state index contributed by atoms with van der Waals surface area (Å²) in [7, 11) is 0. The summed E-state index contributed by atoms with van der Waals surface area (Å²) < 4.78 is 0. The van der Waals surface area contributed by atoms with Gasteiger partial charge < -0.3 is 16.3 Å². The number of hydrogen-bond acceptors (Lipinski definition) is 4. The van der Waals surface area contributed by atoms with Gasteiger partial charge in [0.2, 0.25) is 0 Å². The van der Waals surface area contributed by atoms with Crippen LogP contribution in [0.3, 0.4) is 0 Å². The number of nitrogens with zero attached hydrogens (tertiary/aromatic N) is 2. The molecule has 5 heteroatoms. The minimum atomic E-state index is 0.277. The fourth-order valence-electron chi connectivity index (χ4n) is 1.60. The van der Waals surface area contributed by atoms with Gasteiger partial charge in [-0.3, -0.25) is 4.98 Å². The van der Waals surface area contributed by atoms with Crippen molar-refractivity contribution in [2.45, 2.75) is 32.7 Å². The molecule has 0 saturated carbocycles. The van der Waals surface area contributed by atoms with Crippen LogP contribution in [0, 0.1) is 0 Å². The molecule has 94 valence electrons. The molecule has 1 aromatic rings. The van der Waals surface area contributed by atoms with E-state index in [-0.39, 0.29) is 5.84 Å². The minimum absolute atomic E-state index is 0.277. The maximum atomic E-state index is 8.37. The first-order valence-electron chi connectivity index (χ1n) is 5.87. The Morgan fingerprint density at radius 2 is 2.41 bits per heavy atom. The van der Waals surface area contributed by atoms with Crippen molar-refractivity contribution in [3.8, 4) is 0 Å². The molecular formula is C12H20N4O. The van der Waals surface area contributed by atoms with Gasteiger partial charge in [0.1, 0.15) is 5.84 Å². The largest absolute Gasteiger partial charge is 0.409 e. The van der Waals surface area contributed by atoms with Crippen LogP contribution in [0.15, 0.2) is 23.5 Å². The van der Waals surface area contributed by atoms with Gasteiger partial charge in [0.15, 0.2) is 0 Å². The van der Waals surface area contributed by atoms with E-state index in [1.54, 1.807) is 0 Å². The molecule has 0 atom stereocenters. The van der Waals surface area contributed by atoms with E-state index in [1.165, 1.54) is 5.56 Å². The first-order chi connectivity index (χ1) is 8.27. The Kier molecular flexibility index (Phi) is 6.03. The van der Waals surface area contributed by atoms with Crippen molar-refractivity contribution in [2.75, 3.05) is 6.54 Å². The van der Waals surface area contributed by atoms with Gasteiger partial charge in [-0.25, -0.2) is 0 Å². The maximum absolute atomic E-state index is 8.37. The van der Waals surface area contributed by atoms with E-state index in [2.05, 4.69) is 28.4 Å². The first-order valence-corrected chi connectivity index (χ1v) is 5.87. The summed E-state index contributed by atoms with van der Waals surface area (Å²) in [4.78, 5) is 4.35. The second-order valence-corrected chi connectivity index (χ2v) is 3.83. The SMILES string of the molecule is CCc1cccnc1CNCCC/C(N)=N/O. The van der Waals surface area contributed by atoms with E-state index in [9.17, 15) is 0 Å². The van der Waals surface area contributed by atoms with Gasteiger partial charge in [-0.2, -0.15) is 0 Å². The number of nitrogens with one attached hydrogen (secondary N) is 1. The fourth-order valence-corrected chi connectivity index (χ4v) is 1.60. The van der Waals surface area contributed by atoms with Gasteiger partial charge >= 0.3 is 0 Å². The summed E-state index contributed by atoms with van der Waals surface area (Å²) in [5, 5.41) is 14.6. The van der Waals surface area contributed by atoms with Crippen LogP contribution in [0.25, 0.3) is 0 Å². The van der Waals surface area contributed by atoms with Crippen LogP contribution in [-0.2, 0) is 13.0 Å². The van der Waals surface area contributed by atoms with Crippen molar-refractivity contribution in [1.82, 2.24) is 10.3 Å². The molecule has 1 heterocycles. The summed E-state index contributed by atoms with van der Waals surface area (Å²) in [5.74, 6) is 0.277. The number of nitrogens with two attached hydrogens (primary N) is 1. The van der Waals surface area contributed by atoms with Crippen molar-refractivity contribution in [3.63, 3.8) is 0 Å². The molecule has 1 rings (SSSR count). The van der Waals surface area contributed by atoms with Crippen molar-refractivity contribution in [2.24, 2.45) is 10.9 Å². The molecule has 0 unspecified atom stereocenters. The lowest BCUT2D eigenvalue weighted by Gasteiger charge is -2.07. The quantitative estimate of drug-likeness (QED) is 0.219. The van der Waals surface area contributed by atoms with Gasteiger partial charge in [0.05, 0.1) is 5.69 Å². The zero-order chi connectivity index (χ0) is 12.5. The Bertz CT molecular complexity index is 365. The Balaban J connectivity index is 2.26. The zero-order valence-electron chi connectivity index (χ0n) is 10.2. The normalized spacial score (nSPS) is 11.7. The van der Waals surface area contributed by atoms with Crippen LogP contribution >= 0.6 is 0 Å². The van der Waals surface area contributed by atoms with E-state index in [0.717, 1.165) is 31.6 Å². The van der Waals surface area contributed by atoms with Crippen LogP contribution in [0.1, 0.15) is 31.0 Å². The molecule has 0 radical (unpaired) electrons. The fraction of sp³-hybridized carbons (Fsp3) is 0.500. The Labute approximate surface area is 102 Å². The third kappa shape index (κ3) is 4.82. The lowest BCUT2D eigenvalue weighted by Crippen LogP contribution is -2.19. The monoisotopic (exact) mass is 236 g/mol. The Hall–Kier alpha value is -1.62. The highest BCUT2D eigenvalue weighted by atomic mass is 16.4. The number of aromatic nitrogens is 1. The standard InChI is InChI=1S/C12H20N4O/c1-2-10-5-3-8-15-11(10)9-14-7-4-6-12(13)16-17/h3,5,8,14,17H,2,4,6-7,9H2,1H3,(H2,13,16). The predicted octanol–water partition coefficient (Wildman–Crippen LogP) is 1.26. The number of rotatable bonds is 7. The van der Waals surface area contributed by atoms with Crippen LogP contribution in [0.4, 0.5) is 0 Å². The molecule has 0 fully saturated rings. The predicted molar refractivity (Wildman–Crippen MR) is 68.0 cm³/mol. The lowest BCUT2D eigenvalue weighted by atomic mass is 10.1. The van der Waals surface area contributed by atoms with Crippen molar-refractivity contribution >= 4 is 5.84 Å². The molecular weight excluding hydrogens is 216 g/mol. The van der Waals surface area contributed by atoms with Gasteiger partial charge in [-0.05, 0) is 31.0 Å². The Morgan fingerprint density at radius 3 is 3.12 bits per heavy atom. The number of oxime groups is 1. The molecule has 0 aliphatic carbocycles. The molecule has 0 aliphatic rings. The van der Waals surface area contributed by atoms with Crippen molar-refractivity contribution < 1.29 is 5.21 Å². The topological polar surface area (TPSA) is 83.5 Å². The smallest absolute Gasteiger partial charge is 0.139 e. The zero-order valence-corrected chi connectivity index (χ0v) is 10.2. The Morgan fingerprint density at radius 1 is 1.59 bits per heavy atom. The van der Waals surface area contributed by atoms with Crippen molar-refractivity contribution in [1.29, 1.82) is 0 Å². The highest BCUT2D eigenvalue weighted by molar-refractivity contribution is 5.79. The number of hydrogen-bond donors (Lipinski definition) is 3. The molecule has 0 amide bonds. The molecule has 0 bridgehead atoms. The minimum Gasteiger partial charge on any atom is -0.409 e. The second kappa shape index (κ2) is 7.62. The molecule has 4 N–H and O–H groups in total. The summed E-state index contributed by atoms with van der Waals surface area (Å²) in [6, 6.07) is 4.06. The summed E-state index contributed by atoms with van der Waals surface area (Å²) in [6.07, 6.45) is 4.26. The first kappa shape index (κ1) is 13.4. The molecule has 1 aromatic heterocycles. The third-order valence-corrected chi connectivity index (χ3v) is 2.57. The molecule has 17 heavy (non-hydrogen) atoms. The third-order valence-electron chi connectivity index (χ3n) is 2.57. The highest BCUT2D eigenvalue weighted by Gasteiger charge is 2.00. The molecule has 0 aromatic carbocycles. The summed E-state index contributed by atoms with van der Waals surface area (Å²) in [5.41, 5.74) is 7.74. The van der Waals surface area contributed by atoms with Crippen LogP contribution in [0.2, 0.25) is 0 Å². The van der Waals surface area contributed by atoms with Crippen molar-refractivity contribution in [3.05, 3.63) is 29.6 Å². The van der Waals surface area contributed by atoms with Gasteiger partial charge in [-0.15, -0.1) is 0 Å². The molecule has 0 saturated heterocycles. The van der Waals surface area contributed by atoms with E-state index in [0.29, 0.717) is 6.42 Å². The van der Waals surface area contributed by atoms with E-state index in [1.807, 2.05) is 12.3 Å². The van der Waals surface area contributed by atoms with Crippen LogP contribution in [-0.4, -0.2) is 22.6 Å². The summed E-state index contributed by atoms with van der Waals surface area (Å²) in [6.45, 7) is 3.72. The van der Waals surface area contributed by atoms with E-state index < -0.39 is 0 Å². The molecule has 0 spiro atoms. The highest BCUT2D eigenvalue weighted by Crippen LogP contribution is 2.05. The second-order valence-electron chi connectivity index (χ2n) is 3.83. The summed E-state index contributed by atoms with van der Waals surface area (Å²) >= 11 is 0. The average molecular weight is 236 g/mol. The van der Waals surface area contributed by atoms with Gasteiger partial charge in [0, 0.05) is 19.2 Å².